The Morgan fingerprint density at radius 3 is 2.95 bits per heavy atom. The summed E-state index contributed by atoms with van der Waals surface area (Å²) < 4.78 is 6.02. The van der Waals surface area contributed by atoms with E-state index in [4.69, 9.17) is 4.42 Å². The van der Waals surface area contributed by atoms with Gasteiger partial charge < -0.3 is 9.73 Å². The molecule has 3 nitrogen and oxygen atoms in total. The van der Waals surface area contributed by atoms with Gasteiger partial charge in [0, 0.05) is 12.6 Å². The number of nitrogens with zero attached hydrogens (tertiary/aromatic N) is 1. The summed E-state index contributed by atoms with van der Waals surface area (Å²) in [6.45, 7) is 13.0. The quantitative estimate of drug-likeness (QED) is 0.824. The average molecular weight is 278 g/mol. The van der Waals surface area contributed by atoms with Gasteiger partial charge in [-0.25, -0.2) is 0 Å². The molecule has 1 aromatic heterocycles. The summed E-state index contributed by atoms with van der Waals surface area (Å²) in [5.41, 5.74) is 1.28. The number of nitrogens with one attached hydrogen (secondary N) is 1. The highest BCUT2D eigenvalue weighted by atomic mass is 16.3. The van der Waals surface area contributed by atoms with Crippen LogP contribution in [-0.2, 0) is 13.1 Å². The molecule has 3 heteroatoms. The predicted molar refractivity (Wildman–Crippen MR) is 83.7 cm³/mol. The molecule has 1 atom stereocenters. The number of furan rings is 1. The van der Waals surface area contributed by atoms with Crippen LogP contribution in [0.2, 0.25) is 0 Å². The predicted octanol–water partition coefficient (Wildman–Crippen LogP) is 3.71. The monoisotopic (exact) mass is 278 g/mol. The molecule has 0 amide bonds. The molecule has 0 aliphatic carbocycles. The molecular formula is C17H30N2O. The molecular weight excluding hydrogens is 248 g/mol. The van der Waals surface area contributed by atoms with E-state index in [0.717, 1.165) is 30.5 Å². The molecule has 2 heterocycles. The normalized spacial score (nSPS) is 20.1. The molecule has 1 aliphatic heterocycles. The van der Waals surface area contributed by atoms with Gasteiger partial charge in [-0.2, -0.15) is 0 Å². The lowest BCUT2D eigenvalue weighted by molar-refractivity contribution is 0.279. The number of rotatable bonds is 7. The zero-order valence-corrected chi connectivity index (χ0v) is 13.5. The lowest BCUT2D eigenvalue weighted by atomic mass is 10.0. The Balaban J connectivity index is 1.86. The maximum Gasteiger partial charge on any atom is 0.120 e. The minimum atomic E-state index is 0.497. The molecule has 1 N–H and O–H groups in total. The third-order valence-corrected chi connectivity index (χ3v) is 4.19. The Bertz CT molecular complexity index is 411. The van der Waals surface area contributed by atoms with Crippen molar-refractivity contribution in [3.05, 3.63) is 23.2 Å². The minimum Gasteiger partial charge on any atom is -0.463 e. The van der Waals surface area contributed by atoms with Crippen molar-refractivity contribution in [2.45, 2.75) is 66.1 Å². The second-order valence-corrected chi connectivity index (χ2v) is 6.53. The van der Waals surface area contributed by atoms with Gasteiger partial charge in [0.15, 0.2) is 0 Å². The highest BCUT2D eigenvalue weighted by Crippen LogP contribution is 2.24. The van der Waals surface area contributed by atoms with Crippen molar-refractivity contribution >= 4 is 0 Å². The lowest BCUT2D eigenvalue weighted by Gasteiger charge is -2.14. The van der Waals surface area contributed by atoms with Crippen LogP contribution >= 0.6 is 0 Å². The molecule has 1 aliphatic rings. The van der Waals surface area contributed by atoms with Gasteiger partial charge in [0.2, 0.25) is 0 Å². The van der Waals surface area contributed by atoms with E-state index >= 15 is 0 Å². The van der Waals surface area contributed by atoms with E-state index in [-0.39, 0.29) is 0 Å². The van der Waals surface area contributed by atoms with Crippen molar-refractivity contribution in [2.24, 2.45) is 5.92 Å². The first-order chi connectivity index (χ1) is 9.58. The van der Waals surface area contributed by atoms with Gasteiger partial charge in [-0.05, 0) is 43.9 Å². The fraction of sp³-hybridized carbons (Fsp3) is 0.765. The van der Waals surface area contributed by atoms with Crippen molar-refractivity contribution in [3.63, 3.8) is 0 Å². The molecule has 0 spiro atoms. The SMILES string of the molecule is CCCC1CCN(Cc2cc(C)c(CNC(C)C)o2)C1. The summed E-state index contributed by atoms with van der Waals surface area (Å²) in [6.07, 6.45) is 4.04. The summed E-state index contributed by atoms with van der Waals surface area (Å²) in [7, 11) is 0. The van der Waals surface area contributed by atoms with Crippen LogP contribution in [0.3, 0.4) is 0 Å². The maximum atomic E-state index is 6.02. The van der Waals surface area contributed by atoms with E-state index in [1.165, 1.54) is 37.9 Å². The third kappa shape index (κ3) is 4.35. The fourth-order valence-electron chi connectivity index (χ4n) is 3.06. The van der Waals surface area contributed by atoms with Crippen LogP contribution in [0, 0.1) is 12.8 Å². The molecule has 0 saturated carbocycles. The molecule has 2 rings (SSSR count). The molecule has 114 valence electrons. The zero-order chi connectivity index (χ0) is 14.5. The largest absolute Gasteiger partial charge is 0.463 e. The van der Waals surface area contributed by atoms with Crippen molar-refractivity contribution in [1.29, 1.82) is 0 Å². The molecule has 1 fully saturated rings. The summed E-state index contributed by atoms with van der Waals surface area (Å²) in [5, 5.41) is 3.43. The highest BCUT2D eigenvalue weighted by molar-refractivity contribution is 5.20. The van der Waals surface area contributed by atoms with E-state index in [9.17, 15) is 0 Å². The van der Waals surface area contributed by atoms with Gasteiger partial charge in [0.25, 0.3) is 0 Å². The Morgan fingerprint density at radius 2 is 2.25 bits per heavy atom. The molecule has 1 saturated heterocycles. The number of hydrogen-bond acceptors (Lipinski definition) is 3. The molecule has 1 aromatic rings. The van der Waals surface area contributed by atoms with Crippen LogP contribution in [0.5, 0.6) is 0 Å². The highest BCUT2D eigenvalue weighted by Gasteiger charge is 2.22. The molecule has 0 radical (unpaired) electrons. The fourth-order valence-corrected chi connectivity index (χ4v) is 3.06. The van der Waals surface area contributed by atoms with E-state index in [0.29, 0.717) is 6.04 Å². The van der Waals surface area contributed by atoms with Crippen LogP contribution in [0.4, 0.5) is 0 Å². The summed E-state index contributed by atoms with van der Waals surface area (Å²) in [6, 6.07) is 2.71. The van der Waals surface area contributed by atoms with Gasteiger partial charge in [-0.3, -0.25) is 4.90 Å². The van der Waals surface area contributed by atoms with E-state index < -0.39 is 0 Å². The van der Waals surface area contributed by atoms with Gasteiger partial charge >= 0.3 is 0 Å². The van der Waals surface area contributed by atoms with Crippen LogP contribution in [-0.4, -0.2) is 24.0 Å². The van der Waals surface area contributed by atoms with Crippen molar-refractivity contribution < 1.29 is 4.42 Å². The molecule has 0 aromatic carbocycles. The summed E-state index contributed by atoms with van der Waals surface area (Å²) in [4.78, 5) is 2.54. The zero-order valence-electron chi connectivity index (χ0n) is 13.5. The molecule has 0 bridgehead atoms. The van der Waals surface area contributed by atoms with Gasteiger partial charge in [-0.15, -0.1) is 0 Å². The first-order valence-electron chi connectivity index (χ1n) is 8.12. The number of hydrogen-bond donors (Lipinski definition) is 1. The molecule has 20 heavy (non-hydrogen) atoms. The average Bonchev–Trinajstić information content (AvgIpc) is 2.95. The van der Waals surface area contributed by atoms with Crippen LogP contribution in [0.1, 0.15) is 57.1 Å². The van der Waals surface area contributed by atoms with Gasteiger partial charge in [0.1, 0.15) is 11.5 Å². The van der Waals surface area contributed by atoms with Crippen LogP contribution < -0.4 is 5.32 Å². The first kappa shape index (κ1) is 15.6. The Kier molecular flexibility index (Phi) is 5.67. The number of aryl methyl sites for hydroxylation is 1. The number of likely N-dealkylation sites (tertiary alicyclic amines) is 1. The summed E-state index contributed by atoms with van der Waals surface area (Å²) in [5.74, 6) is 3.12. The standard InChI is InChI=1S/C17H30N2O/c1-5-6-15-7-8-19(11-15)12-16-9-14(4)17(20-16)10-18-13(2)3/h9,13,15,18H,5-8,10-12H2,1-4H3. The van der Waals surface area contributed by atoms with E-state index in [1.54, 1.807) is 0 Å². The summed E-state index contributed by atoms with van der Waals surface area (Å²) >= 11 is 0. The Labute approximate surface area is 123 Å². The van der Waals surface area contributed by atoms with Crippen molar-refractivity contribution in [2.75, 3.05) is 13.1 Å². The van der Waals surface area contributed by atoms with Gasteiger partial charge in [0.05, 0.1) is 13.1 Å². The Hall–Kier alpha value is -0.800. The van der Waals surface area contributed by atoms with Crippen LogP contribution in [0.25, 0.3) is 0 Å². The first-order valence-corrected chi connectivity index (χ1v) is 8.12. The smallest absolute Gasteiger partial charge is 0.120 e. The lowest BCUT2D eigenvalue weighted by Crippen LogP contribution is -2.22. The van der Waals surface area contributed by atoms with Crippen molar-refractivity contribution in [1.82, 2.24) is 10.2 Å². The van der Waals surface area contributed by atoms with E-state index in [2.05, 4.69) is 44.0 Å². The topological polar surface area (TPSA) is 28.4 Å². The maximum absolute atomic E-state index is 6.02. The molecule has 1 unspecified atom stereocenters. The van der Waals surface area contributed by atoms with Gasteiger partial charge in [-0.1, -0.05) is 27.2 Å². The third-order valence-electron chi connectivity index (χ3n) is 4.19. The second kappa shape index (κ2) is 7.28. The Morgan fingerprint density at radius 1 is 1.45 bits per heavy atom. The van der Waals surface area contributed by atoms with Crippen molar-refractivity contribution in [3.8, 4) is 0 Å². The second-order valence-electron chi connectivity index (χ2n) is 6.53. The minimum absolute atomic E-state index is 0.497. The van der Waals surface area contributed by atoms with Crippen LogP contribution in [0.15, 0.2) is 10.5 Å². The van der Waals surface area contributed by atoms with E-state index in [1.807, 2.05) is 0 Å².